The van der Waals surface area contributed by atoms with Crippen molar-refractivity contribution in [1.82, 2.24) is 9.78 Å². The number of nitrogens with one attached hydrogen (secondary N) is 1. The fraction of sp³-hybridized carbons (Fsp3) is 0.357. The van der Waals surface area contributed by atoms with Gasteiger partial charge in [-0.05, 0) is 18.9 Å². The molecule has 0 spiro atoms. The lowest BCUT2D eigenvalue weighted by Crippen LogP contribution is -2.06. The summed E-state index contributed by atoms with van der Waals surface area (Å²) in [6.45, 7) is 5.05. The van der Waals surface area contributed by atoms with Crippen LogP contribution in [0.3, 0.4) is 0 Å². The summed E-state index contributed by atoms with van der Waals surface area (Å²) in [5.41, 5.74) is 2.90. The maximum Gasteiger partial charge on any atom is 0.271 e. The SMILES string of the molecule is CCCCn1cc(-c2cccc(C)c2)c(=O)[nH]1. The summed E-state index contributed by atoms with van der Waals surface area (Å²) in [4.78, 5) is 11.8. The Morgan fingerprint density at radius 1 is 1.35 bits per heavy atom. The van der Waals surface area contributed by atoms with E-state index >= 15 is 0 Å². The predicted octanol–water partition coefficient (Wildman–Crippen LogP) is 2.95. The standard InChI is InChI=1S/C14H18N2O/c1-3-4-8-16-10-13(14(17)15-16)12-7-5-6-11(2)9-12/h5-7,9-10H,3-4,8H2,1-2H3,(H,15,17). The van der Waals surface area contributed by atoms with E-state index in [2.05, 4.69) is 12.0 Å². The van der Waals surface area contributed by atoms with Crippen molar-refractivity contribution in [1.29, 1.82) is 0 Å². The molecule has 0 saturated carbocycles. The lowest BCUT2D eigenvalue weighted by molar-refractivity contribution is 0.568. The van der Waals surface area contributed by atoms with E-state index in [9.17, 15) is 4.79 Å². The Kier molecular flexibility index (Phi) is 3.47. The number of H-pyrrole nitrogens is 1. The van der Waals surface area contributed by atoms with E-state index in [1.54, 1.807) is 0 Å². The van der Waals surface area contributed by atoms with Crippen LogP contribution in [0.25, 0.3) is 11.1 Å². The summed E-state index contributed by atoms with van der Waals surface area (Å²) < 4.78 is 1.88. The molecule has 0 aliphatic carbocycles. The van der Waals surface area contributed by atoms with Crippen molar-refractivity contribution in [3.8, 4) is 11.1 Å². The van der Waals surface area contributed by atoms with Crippen LogP contribution >= 0.6 is 0 Å². The Labute approximate surface area is 101 Å². The van der Waals surface area contributed by atoms with Crippen LogP contribution in [0.15, 0.2) is 35.3 Å². The lowest BCUT2D eigenvalue weighted by Gasteiger charge is -1.99. The number of nitrogens with zero attached hydrogens (tertiary/aromatic N) is 1. The summed E-state index contributed by atoms with van der Waals surface area (Å²) >= 11 is 0. The molecule has 0 aliphatic rings. The molecule has 1 N–H and O–H groups in total. The topological polar surface area (TPSA) is 37.8 Å². The smallest absolute Gasteiger partial charge is 0.271 e. The van der Waals surface area contributed by atoms with E-state index in [1.807, 2.05) is 42.1 Å². The number of rotatable bonds is 4. The molecule has 0 bridgehead atoms. The highest BCUT2D eigenvalue weighted by Gasteiger charge is 2.06. The first-order valence-corrected chi connectivity index (χ1v) is 6.07. The van der Waals surface area contributed by atoms with Crippen molar-refractivity contribution in [2.45, 2.75) is 33.2 Å². The number of hydrogen-bond donors (Lipinski definition) is 1. The molecule has 0 saturated heterocycles. The first kappa shape index (κ1) is 11.7. The van der Waals surface area contributed by atoms with Gasteiger partial charge in [0, 0.05) is 12.7 Å². The summed E-state index contributed by atoms with van der Waals surface area (Å²) in [6.07, 6.45) is 4.12. The minimum Gasteiger partial charge on any atom is -0.292 e. The van der Waals surface area contributed by atoms with E-state index in [1.165, 1.54) is 5.56 Å². The second-order valence-electron chi connectivity index (χ2n) is 4.40. The summed E-state index contributed by atoms with van der Waals surface area (Å²) in [5, 5.41) is 2.86. The second kappa shape index (κ2) is 5.04. The fourth-order valence-electron chi connectivity index (χ4n) is 1.90. The van der Waals surface area contributed by atoms with Gasteiger partial charge in [-0.15, -0.1) is 0 Å². The molecule has 90 valence electrons. The van der Waals surface area contributed by atoms with Crippen LogP contribution in [0.4, 0.5) is 0 Å². The summed E-state index contributed by atoms with van der Waals surface area (Å²) in [6, 6.07) is 8.02. The maximum atomic E-state index is 11.8. The highest BCUT2D eigenvalue weighted by molar-refractivity contribution is 5.62. The average Bonchev–Trinajstić information content (AvgIpc) is 2.68. The van der Waals surface area contributed by atoms with Crippen molar-refractivity contribution in [2.75, 3.05) is 0 Å². The van der Waals surface area contributed by atoms with Gasteiger partial charge in [0.15, 0.2) is 0 Å². The molecule has 0 unspecified atom stereocenters. The van der Waals surface area contributed by atoms with Gasteiger partial charge in [-0.3, -0.25) is 14.6 Å². The predicted molar refractivity (Wildman–Crippen MR) is 70.1 cm³/mol. The Hall–Kier alpha value is -1.77. The molecule has 1 aromatic heterocycles. The van der Waals surface area contributed by atoms with Gasteiger partial charge >= 0.3 is 0 Å². The number of aryl methyl sites for hydroxylation is 2. The molecule has 2 rings (SSSR count). The third-order valence-electron chi connectivity index (χ3n) is 2.86. The van der Waals surface area contributed by atoms with Crippen molar-refractivity contribution in [3.05, 3.63) is 46.4 Å². The third-order valence-corrected chi connectivity index (χ3v) is 2.86. The fourth-order valence-corrected chi connectivity index (χ4v) is 1.90. The molecule has 0 radical (unpaired) electrons. The Bertz CT molecular complexity index is 551. The van der Waals surface area contributed by atoms with Gasteiger partial charge in [-0.25, -0.2) is 0 Å². The van der Waals surface area contributed by atoms with Crippen molar-refractivity contribution in [2.24, 2.45) is 0 Å². The highest BCUT2D eigenvalue weighted by atomic mass is 16.1. The number of aromatic nitrogens is 2. The second-order valence-corrected chi connectivity index (χ2v) is 4.40. The van der Waals surface area contributed by atoms with Gasteiger partial charge in [0.25, 0.3) is 5.56 Å². The van der Waals surface area contributed by atoms with Gasteiger partial charge in [-0.2, -0.15) is 0 Å². The van der Waals surface area contributed by atoms with Crippen LogP contribution in [0.5, 0.6) is 0 Å². The van der Waals surface area contributed by atoms with E-state index in [0.717, 1.165) is 30.5 Å². The van der Waals surface area contributed by atoms with Crippen molar-refractivity contribution in [3.63, 3.8) is 0 Å². The van der Waals surface area contributed by atoms with E-state index < -0.39 is 0 Å². The number of unbranched alkanes of at least 4 members (excludes halogenated alkanes) is 1. The monoisotopic (exact) mass is 230 g/mol. The van der Waals surface area contributed by atoms with Crippen LogP contribution < -0.4 is 5.56 Å². The lowest BCUT2D eigenvalue weighted by atomic mass is 10.1. The third kappa shape index (κ3) is 2.67. The number of benzene rings is 1. The van der Waals surface area contributed by atoms with Gasteiger partial charge in [0.05, 0.1) is 5.56 Å². The first-order chi connectivity index (χ1) is 8.20. The molecular formula is C14H18N2O. The molecule has 0 fully saturated rings. The molecule has 3 heteroatoms. The van der Waals surface area contributed by atoms with Crippen LogP contribution in [-0.4, -0.2) is 9.78 Å². The molecule has 3 nitrogen and oxygen atoms in total. The first-order valence-electron chi connectivity index (χ1n) is 6.07. The quantitative estimate of drug-likeness (QED) is 0.861. The van der Waals surface area contributed by atoms with Gasteiger partial charge < -0.3 is 0 Å². The normalized spacial score (nSPS) is 10.7. The molecule has 1 aromatic carbocycles. The van der Waals surface area contributed by atoms with E-state index in [0.29, 0.717) is 0 Å². The van der Waals surface area contributed by atoms with E-state index in [4.69, 9.17) is 0 Å². The number of hydrogen-bond acceptors (Lipinski definition) is 1. The van der Waals surface area contributed by atoms with Gasteiger partial charge in [-0.1, -0.05) is 43.2 Å². The zero-order valence-corrected chi connectivity index (χ0v) is 10.4. The Balaban J connectivity index is 2.33. The largest absolute Gasteiger partial charge is 0.292 e. The zero-order chi connectivity index (χ0) is 12.3. The maximum absolute atomic E-state index is 11.8. The average molecular weight is 230 g/mol. The van der Waals surface area contributed by atoms with Crippen molar-refractivity contribution >= 4 is 0 Å². The summed E-state index contributed by atoms with van der Waals surface area (Å²) in [5.74, 6) is 0. The van der Waals surface area contributed by atoms with Crippen LogP contribution in [0, 0.1) is 6.92 Å². The van der Waals surface area contributed by atoms with Crippen LogP contribution in [-0.2, 0) is 6.54 Å². The molecule has 0 atom stereocenters. The Morgan fingerprint density at radius 2 is 2.18 bits per heavy atom. The van der Waals surface area contributed by atoms with Gasteiger partial charge in [0.1, 0.15) is 0 Å². The van der Waals surface area contributed by atoms with Crippen molar-refractivity contribution < 1.29 is 0 Å². The minimum absolute atomic E-state index is 0.00768. The highest BCUT2D eigenvalue weighted by Crippen LogP contribution is 2.16. The zero-order valence-electron chi connectivity index (χ0n) is 10.4. The molecule has 2 aromatic rings. The van der Waals surface area contributed by atoms with E-state index in [-0.39, 0.29) is 5.56 Å². The molecule has 0 amide bonds. The molecule has 17 heavy (non-hydrogen) atoms. The van der Waals surface area contributed by atoms with Gasteiger partial charge in [0.2, 0.25) is 0 Å². The summed E-state index contributed by atoms with van der Waals surface area (Å²) in [7, 11) is 0. The molecular weight excluding hydrogens is 212 g/mol. The minimum atomic E-state index is -0.00768. The molecule has 1 heterocycles. The molecule has 0 aliphatic heterocycles. The van der Waals surface area contributed by atoms with Crippen LogP contribution in [0.2, 0.25) is 0 Å². The Morgan fingerprint density at radius 3 is 2.88 bits per heavy atom. The van der Waals surface area contributed by atoms with Crippen LogP contribution in [0.1, 0.15) is 25.3 Å². The number of aromatic amines is 1.